The molecule has 3 aliphatic rings. The number of pyridine rings is 1. The molecular formula is C49H51N4O3S+. The number of likely N-dealkylation sites (N-methyl/N-ethyl adjacent to an activating group) is 3. The van der Waals surface area contributed by atoms with E-state index in [0.717, 1.165) is 16.8 Å². The van der Waals surface area contributed by atoms with Gasteiger partial charge in [-0.25, -0.2) is 4.57 Å². The molecule has 4 heterocycles. The largest absolute Gasteiger partial charge is 0.378 e. The van der Waals surface area contributed by atoms with Crippen LogP contribution in [0.25, 0.3) is 22.7 Å². The first-order valence-corrected chi connectivity index (χ1v) is 20.9. The molecule has 1 atom stereocenters. The standard InChI is InChI=1S/C49H51N4O3S/c1-33-24-26-36(27-25-33)57(54,55)56-45-30-35(51(7)42-21-13-11-19-38(42)45)17-15-23-47-49(4,5)40-32-43-39(31-44(40)53(47)9)48(2,3)46(52(43)8)22-14-16-34-28-29-50(6)41-20-12-10-18-37(34)41/h10-32,35H,1-9H3/q+1. The summed E-state index contributed by atoms with van der Waals surface area (Å²) < 4.78 is 34.8. The minimum Gasteiger partial charge on any atom is -0.378 e. The molecule has 0 fully saturated rings. The Labute approximate surface area is 338 Å². The van der Waals surface area contributed by atoms with Crippen LogP contribution in [0.5, 0.6) is 0 Å². The van der Waals surface area contributed by atoms with Crippen molar-refractivity contribution in [1.29, 1.82) is 0 Å². The van der Waals surface area contributed by atoms with E-state index in [1.165, 1.54) is 50.4 Å². The number of nitrogens with zero attached hydrogens (tertiary/aromatic N) is 4. The molecule has 0 saturated heterocycles. The van der Waals surface area contributed by atoms with E-state index in [0.29, 0.717) is 5.76 Å². The summed E-state index contributed by atoms with van der Waals surface area (Å²) in [6.07, 6.45) is 17.0. The van der Waals surface area contributed by atoms with Gasteiger partial charge in [-0.05, 0) is 84.3 Å². The fourth-order valence-electron chi connectivity index (χ4n) is 8.82. The van der Waals surface area contributed by atoms with E-state index in [2.05, 4.69) is 153 Å². The first-order chi connectivity index (χ1) is 27.1. The third-order valence-electron chi connectivity index (χ3n) is 12.2. The average molecular weight is 776 g/mol. The van der Waals surface area contributed by atoms with Gasteiger partial charge in [0.05, 0.1) is 11.4 Å². The van der Waals surface area contributed by atoms with Crippen molar-refractivity contribution < 1.29 is 17.2 Å². The summed E-state index contributed by atoms with van der Waals surface area (Å²) in [4.78, 5) is 6.93. The number of hydrogen-bond donors (Lipinski definition) is 0. The molecule has 0 bridgehead atoms. The summed E-state index contributed by atoms with van der Waals surface area (Å²) in [5.74, 6) is 0.324. The Balaban J connectivity index is 1.07. The Morgan fingerprint density at radius 2 is 1.33 bits per heavy atom. The van der Waals surface area contributed by atoms with Gasteiger partial charge in [0.25, 0.3) is 0 Å². The normalized spacial score (nSPS) is 19.8. The summed E-state index contributed by atoms with van der Waals surface area (Å²) in [6, 6.07) is 29.7. The summed E-state index contributed by atoms with van der Waals surface area (Å²) in [5, 5.41) is 1.23. The van der Waals surface area contributed by atoms with Crippen LogP contribution >= 0.6 is 0 Å². The number of hydrogen-bond acceptors (Lipinski definition) is 6. The minimum atomic E-state index is -4.03. The maximum Gasteiger partial charge on any atom is 0.339 e. The second-order valence-electron chi connectivity index (χ2n) is 16.5. The van der Waals surface area contributed by atoms with E-state index in [1.54, 1.807) is 24.3 Å². The zero-order chi connectivity index (χ0) is 40.4. The van der Waals surface area contributed by atoms with Gasteiger partial charge in [-0.1, -0.05) is 94.0 Å². The minimum absolute atomic E-state index is 0.129. The van der Waals surface area contributed by atoms with E-state index in [-0.39, 0.29) is 21.8 Å². The summed E-state index contributed by atoms with van der Waals surface area (Å²) in [7, 11) is 4.40. The zero-order valence-corrected chi connectivity index (χ0v) is 35.1. The maximum absolute atomic E-state index is 13.4. The SMILES string of the molecule is Cc1ccc(S(=O)(=O)OC2=CC(C=CC=C3N(C)c4cc5c(cc4C3(C)C)N(C)C(=CC=Cc3cc[n+](C)c4ccccc34)C5(C)C)N(C)c3ccccc32)cc1. The van der Waals surface area contributed by atoms with Crippen molar-refractivity contribution >= 4 is 49.9 Å². The average Bonchev–Trinajstić information content (AvgIpc) is 3.49. The van der Waals surface area contributed by atoms with Crippen LogP contribution in [-0.2, 0) is 32.2 Å². The van der Waals surface area contributed by atoms with Crippen molar-refractivity contribution in [2.75, 3.05) is 35.8 Å². The van der Waals surface area contributed by atoms with E-state index >= 15 is 0 Å². The second-order valence-corrected chi connectivity index (χ2v) is 18.0. The molecule has 0 saturated carbocycles. The smallest absolute Gasteiger partial charge is 0.339 e. The Bertz CT molecular complexity index is 2700. The van der Waals surface area contributed by atoms with Gasteiger partial charge in [0, 0.05) is 78.1 Å². The van der Waals surface area contributed by atoms with Crippen molar-refractivity contribution in [3.05, 3.63) is 173 Å². The molecule has 5 aromatic rings. The molecule has 7 nitrogen and oxygen atoms in total. The first-order valence-electron chi connectivity index (χ1n) is 19.5. The number of para-hydroxylation sites is 2. The predicted octanol–water partition coefficient (Wildman–Crippen LogP) is 9.73. The molecule has 290 valence electrons. The van der Waals surface area contributed by atoms with Crippen LogP contribution in [-0.4, -0.2) is 35.6 Å². The number of fused-ring (bicyclic) bond motifs is 4. The van der Waals surface area contributed by atoms with E-state index < -0.39 is 10.1 Å². The second kappa shape index (κ2) is 14.0. The van der Waals surface area contributed by atoms with E-state index in [9.17, 15) is 8.42 Å². The number of anilines is 3. The monoisotopic (exact) mass is 775 g/mol. The summed E-state index contributed by atoms with van der Waals surface area (Å²) >= 11 is 0. The Morgan fingerprint density at radius 1 is 0.737 bits per heavy atom. The van der Waals surface area contributed by atoms with Gasteiger partial charge in [-0.15, -0.1) is 0 Å². The molecule has 0 aliphatic carbocycles. The quantitative estimate of drug-likeness (QED) is 0.121. The van der Waals surface area contributed by atoms with Crippen LogP contribution in [0, 0.1) is 6.92 Å². The van der Waals surface area contributed by atoms with Gasteiger partial charge < -0.3 is 18.9 Å². The van der Waals surface area contributed by atoms with Crippen molar-refractivity contribution in [2.24, 2.45) is 7.05 Å². The van der Waals surface area contributed by atoms with Crippen molar-refractivity contribution in [3.8, 4) is 0 Å². The fourth-order valence-corrected chi connectivity index (χ4v) is 9.77. The molecule has 1 aromatic heterocycles. The topological polar surface area (TPSA) is 57.0 Å². The highest BCUT2D eigenvalue weighted by Gasteiger charge is 2.44. The molecular weight excluding hydrogens is 725 g/mol. The molecule has 0 N–H and O–H groups in total. The maximum atomic E-state index is 13.4. The van der Waals surface area contributed by atoms with Crippen LogP contribution in [0.1, 0.15) is 55.5 Å². The lowest BCUT2D eigenvalue weighted by molar-refractivity contribution is -0.644. The number of rotatable bonds is 7. The highest BCUT2D eigenvalue weighted by Crippen LogP contribution is 2.55. The lowest BCUT2D eigenvalue weighted by Crippen LogP contribution is -2.32. The molecule has 8 heteroatoms. The third-order valence-corrected chi connectivity index (χ3v) is 13.4. The molecule has 0 radical (unpaired) electrons. The van der Waals surface area contributed by atoms with Crippen LogP contribution in [0.15, 0.2) is 150 Å². The van der Waals surface area contributed by atoms with Gasteiger partial charge >= 0.3 is 10.1 Å². The lowest BCUT2D eigenvalue weighted by Gasteiger charge is -2.32. The molecule has 57 heavy (non-hydrogen) atoms. The lowest BCUT2D eigenvalue weighted by atomic mass is 9.80. The summed E-state index contributed by atoms with van der Waals surface area (Å²) in [6.45, 7) is 11.1. The van der Waals surface area contributed by atoms with Crippen LogP contribution in [0.2, 0.25) is 0 Å². The van der Waals surface area contributed by atoms with Gasteiger partial charge in [0.1, 0.15) is 11.9 Å². The highest BCUT2D eigenvalue weighted by molar-refractivity contribution is 7.87. The zero-order valence-electron chi connectivity index (χ0n) is 34.3. The first kappa shape index (κ1) is 38.0. The van der Waals surface area contributed by atoms with Crippen LogP contribution in [0.3, 0.4) is 0 Å². The van der Waals surface area contributed by atoms with Gasteiger partial charge in [0.15, 0.2) is 12.0 Å². The van der Waals surface area contributed by atoms with Gasteiger partial charge in [-0.3, -0.25) is 0 Å². The number of benzene rings is 4. The number of allylic oxidation sites excluding steroid dienone is 6. The van der Waals surface area contributed by atoms with Crippen LogP contribution < -0.4 is 19.3 Å². The molecule has 0 spiro atoms. The Morgan fingerprint density at radius 3 is 2.00 bits per heavy atom. The summed E-state index contributed by atoms with van der Waals surface area (Å²) in [5.41, 5.74) is 12.0. The molecule has 1 unspecified atom stereocenters. The Hall–Kier alpha value is -5.86. The Kier molecular flexibility index (Phi) is 9.31. The molecule has 4 aromatic carbocycles. The van der Waals surface area contributed by atoms with E-state index in [4.69, 9.17) is 4.18 Å². The molecule has 8 rings (SSSR count). The third kappa shape index (κ3) is 6.46. The van der Waals surface area contributed by atoms with Crippen molar-refractivity contribution in [3.63, 3.8) is 0 Å². The van der Waals surface area contributed by atoms with Crippen molar-refractivity contribution in [2.45, 2.75) is 56.4 Å². The fraction of sp³-hybridized carbons (Fsp3) is 0.245. The number of aromatic nitrogens is 1. The highest BCUT2D eigenvalue weighted by atomic mass is 32.2. The van der Waals surface area contributed by atoms with Crippen LogP contribution in [0.4, 0.5) is 17.1 Å². The van der Waals surface area contributed by atoms with Gasteiger partial charge in [0.2, 0.25) is 5.52 Å². The van der Waals surface area contributed by atoms with Crippen molar-refractivity contribution in [1.82, 2.24) is 0 Å². The van der Waals surface area contributed by atoms with E-state index in [1.807, 2.05) is 44.3 Å². The number of aryl methyl sites for hydroxylation is 2. The molecule has 0 amide bonds. The predicted molar refractivity (Wildman–Crippen MR) is 235 cm³/mol. The van der Waals surface area contributed by atoms with Gasteiger partial charge in [-0.2, -0.15) is 8.42 Å². The molecule has 3 aliphatic heterocycles.